The van der Waals surface area contributed by atoms with Crippen LogP contribution >= 0.6 is 0 Å². The van der Waals surface area contributed by atoms with Crippen molar-refractivity contribution in [3.63, 3.8) is 0 Å². The van der Waals surface area contributed by atoms with Gasteiger partial charge in [-0.05, 0) is 19.1 Å². The van der Waals surface area contributed by atoms with Crippen molar-refractivity contribution in [1.29, 1.82) is 0 Å². The highest BCUT2D eigenvalue weighted by atomic mass is 16.3. The van der Waals surface area contributed by atoms with E-state index >= 15 is 0 Å². The number of carbonyl (C=O) groups excluding carboxylic acids is 1. The fraction of sp³-hybridized carbons (Fsp3) is 0.500. The highest BCUT2D eigenvalue weighted by molar-refractivity contribution is 5.81. The van der Waals surface area contributed by atoms with E-state index in [4.69, 9.17) is 10.2 Å². The first-order chi connectivity index (χ1) is 6.99. The van der Waals surface area contributed by atoms with E-state index < -0.39 is 6.04 Å². The monoisotopic (exact) mass is 211 g/mol. The van der Waals surface area contributed by atoms with Crippen molar-refractivity contribution < 1.29 is 9.21 Å². The molecular formula is C10H17N3O2. The van der Waals surface area contributed by atoms with Gasteiger partial charge in [0.2, 0.25) is 0 Å². The predicted octanol–water partition coefficient (Wildman–Crippen LogP) is 0.0506. The minimum absolute atomic E-state index is 0.214. The van der Waals surface area contributed by atoms with E-state index in [1.165, 1.54) is 0 Å². The van der Waals surface area contributed by atoms with Crippen molar-refractivity contribution in [2.75, 3.05) is 14.1 Å². The van der Waals surface area contributed by atoms with E-state index in [2.05, 4.69) is 5.43 Å². The molecule has 0 radical (unpaired) electrons. The van der Waals surface area contributed by atoms with Gasteiger partial charge in [-0.1, -0.05) is 0 Å². The molecule has 0 saturated heterocycles. The number of rotatable bonds is 4. The zero-order valence-electron chi connectivity index (χ0n) is 9.28. The molecule has 84 valence electrons. The number of furan rings is 1. The summed E-state index contributed by atoms with van der Waals surface area (Å²) in [6, 6.07) is 3.10. The van der Waals surface area contributed by atoms with Gasteiger partial charge in [0.1, 0.15) is 11.5 Å². The summed E-state index contributed by atoms with van der Waals surface area (Å²) < 4.78 is 5.34. The van der Waals surface area contributed by atoms with Crippen LogP contribution in [0.25, 0.3) is 0 Å². The molecule has 1 heterocycles. The largest absolute Gasteiger partial charge is 0.466 e. The molecule has 1 aromatic heterocycles. The van der Waals surface area contributed by atoms with Crippen LogP contribution in [-0.2, 0) is 11.2 Å². The Hall–Kier alpha value is -1.33. The van der Waals surface area contributed by atoms with Crippen LogP contribution in [0.1, 0.15) is 11.5 Å². The number of aryl methyl sites for hydroxylation is 1. The molecule has 0 aromatic carbocycles. The fourth-order valence-corrected chi connectivity index (χ4v) is 1.21. The molecule has 1 aromatic rings. The summed E-state index contributed by atoms with van der Waals surface area (Å²) in [5.41, 5.74) is 8.31. The Morgan fingerprint density at radius 2 is 2.27 bits per heavy atom. The smallest absolute Gasteiger partial charge is 0.251 e. The molecule has 0 aliphatic rings. The number of hydrogen-bond acceptors (Lipinski definition) is 4. The molecule has 1 unspecified atom stereocenters. The zero-order valence-corrected chi connectivity index (χ0v) is 9.28. The third-order valence-corrected chi connectivity index (χ3v) is 1.89. The summed E-state index contributed by atoms with van der Waals surface area (Å²) >= 11 is 0. The molecule has 0 aliphatic carbocycles. The Kier molecular flexibility index (Phi) is 3.88. The normalized spacial score (nSPS) is 12.9. The number of nitrogens with two attached hydrogens (primary N) is 1. The maximum Gasteiger partial charge on any atom is 0.251 e. The van der Waals surface area contributed by atoms with Crippen LogP contribution in [0.3, 0.4) is 0 Å². The Bertz CT molecular complexity index is 333. The van der Waals surface area contributed by atoms with Crippen LogP contribution < -0.4 is 11.2 Å². The second-order valence-corrected chi connectivity index (χ2v) is 3.69. The van der Waals surface area contributed by atoms with E-state index in [-0.39, 0.29) is 5.91 Å². The number of hydrazine groups is 1. The number of carbonyl (C=O) groups is 1. The third-order valence-electron chi connectivity index (χ3n) is 1.89. The van der Waals surface area contributed by atoms with Crippen molar-refractivity contribution in [1.82, 2.24) is 10.4 Å². The van der Waals surface area contributed by atoms with Gasteiger partial charge in [-0.2, -0.15) is 0 Å². The van der Waals surface area contributed by atoms with Gasteiger partial charge in [-0.25, -0.2) is 5.01 Å². The number of nitrogens with zero attached hydrogens (tertiary/aromatic N) is 1. The Morgan fingerprint density at radius 3 is 2.73 bits per heavy atom. The molecule has 0 spiro atoms. The summed E-state index contributed by atoms with van der Waals surface area (Å²) in [7, 11) is 3.48. The minimum atomic E-state index is -0.585. The topological polar surface area (TPSA) is 71.5 Å². The van der Waals surface area contributed by atoms with Crippen molar-refractivity contribution in [2.45, 2.75) is 19.4 Å². The lowest BCUT2D eigenvalue weighted by Crippen LogP contribution is -2.47. The standard InChI is InChI=1S/C10H17N3O2/c1-7-4-5-8(15-7)6-9(11)10(14)12-13(2)3/h4-5,9H,6,11H2,1-3H3,(H,12,14). The third kappa shape index (κ3) is 3.73. The summed E-state index contributed by atoms with van der Waals surface area (Å²) in [6.45, 7) is 1.86. The second-order valence-electron chi connectivity index (χ2n) is 3.69. The van der Waals surface area contributed by atoms with Crippen LogP contribution in [0.15, 0.2) is 16.5 Å². The lowest BCUT2D eigenvalue weighted by Gasteiger charge is -2.15. The average Bonchev–Trinajstić information content (AvgIpc) is 2.50. The van der Waals surface area contributed by atoms with Gasteiger partial charge >= 0.3 is 0 Å². The van der Waals surface area contributed by atoms with Crippen LogP contribution in [0.4, 0.5) is 0 Å². The quantitative estimate of drug-likeness (QED) is 0.690. The van der Waals surface area contributed by atoms with Gasteiger partial charge < -0.3 is 10.2 Å². The van der Waals surface area contributed by atoms with Crippen LogP contribution in [0, 0.1) is 6.92 Å². The van der Waals surface area contributed by atoms with Gasteiger partial charge in [-0.15, -0.1) is 0 Å². The van der Waals surface area contributed by atoms with E-state index in [1.54, 1.807) is 19.1 Å². The average molecular weight is 211 g/mol. The lowest BCUT2D eigenvalue weighted by atomic mass is 10.2. The molecule has 1 amide bonds. The second kappa shape index (κ2) is 4.95. The van der Waals surface area contributed by atoms with Gasteiger partial charge in [0, 0.05) is 20.5 Å². The maximum absolute atomic E-state index is 11.4. The van der Waals surface area contributed by atoms with Crippen molar-refractivity contribution >= 4 is 5.91 Å². The Labute approximate surface area is 89.2 Å². The van der Waals surface area contributed by atoms with Crippen LogP contribution in [-0.4, -0.2) is 31.1 Å². The fourth-order valence-electron chi connectivity index (χ4n) is 1.21. The molecule has 0 fully saturated rings. The van der Waals surface area contributed by atoms with Gasteiger partial charge in [0.25, 0.3) is 5.91 Å². The summed E-state index contributed by atoms with van der Waals surface area (Å²) in [5, 5.41) is 1.57. The van der Waals surface area contributed by atoms with Gasteiger partial charge in [0.05, 0.1) is 6.04 Å². The summed E-state index contributed by atoms with van der Waals surface area (Å²) in [4.78, 5) is 11.4. The zero-order chi connectivity index (χ0) is 11.4. The van der Waals surface area contributed by atoms with E-state index in [0.717, 1.165) is 11.5 Å². The molecule has 5 nitrogen and oxygen atoms in total. The molecule has 1 rings (SSSR count). The van der Waals surface area contributed by atoms with Gasteiger partial charge in [-0.3, -0.25) is 10.2 Å². The predicted molar refractivity (Wildman–Crippen MR) is 57.0 cm³/mol. The maximum atomic E-state index is 11.4. The molecule has 15 heavy (non-hydrogen) atoms. The lowest BCUT2D eigenvalue weighted by molar-refractivity contribution is -0.126. The van der Waals surface area contributed by atoms with Crippen molar-refractivity contribution in [3.05, 3.63) is 23.7 Å². The highest BCUT2D eigenvalue weighted by Crippen LogP contribution is 2.08. The molecule has 0 bridgehead atoms. The van der Waals surface area contributed by atoms with Crippen molar-refractivity contribution in [3.8, 4) is 0 Å². The molecular weight excluding hydrogens is 194 g/mol. The van der Waals surface area contributed by atoms with E-state index in [1.807, 2.05) is 19.1 Å². The highest BCUT2D eigenvalue weighted by Gasteiger charge is 2.15. The molecule has 0 saturated carbocycles. The molecule has 1 atom stereocenters. The summed E-state index contributed by atoms with van der Waals surface area (Å²) in [6.07, 6.45) is 0.410. The number of hydrogen-bond donors (Lipinski definition) is 2. The minimum Gasteiger partial charge on any atom is -0.466 e. The van der Waals surface area contributed by atoms with Crippen LogP contribution in [0.2, 0.25) is 0 Å². The molecule has 0 aliphatic heterocycles. The van der Waals surface area contributed by atoms with E-state index in [9.17, 15) is 4.79 Å². The first-order valence-corrected chi connectivity index (χ1v) is 4.77. The number of nitrogens with one attached hydrogen (secondary N) is 1. The Morgan fingerprint density at radius 1 is 1.60 bits per heavy atom. The van der Waals surface area contributed by atoms with Crippen LogP contribution in [0.5, 0.6) is 0 Å². The van der Waals surface area contributed by atoms with Crippen molar-refractivity contribution in [2.24, 2.45) is 5.73 Å². The molecule has 5 heteroatoms. The SMILES string of the molecule is Cc1ccc(CC(N)C(=O)NN(C)C)o1. The first-order valence-electron chi connectivity index (χ1n) is 4.77. The van der Waals surface area contributed by atoms with E-state index in [0.29, 0.717) is 6.42 Å². The van der Waals surface area contributed by atoms with Gasteiger partial charge in [0.15, 0.2) is 0 Å². The molecule has 3 N–H and O–H groups in total. The number of amides is 1. The first kappa shape index (κ1) is 11.7. The Balaban J connectivity index is 2.48. The summed E-state index contributed by atoms with van der Waals surface area (Å²) in [5.74, 6) is 1.34.